The van der Waals surface area contributed by atoms with Gasteiger partial charge in [0.25, 0.3) is 0 Å². The summed E-state index contributed by atoms with van der Waals surface area (Å²) in [6.45, 7) is 9.23. The average molecular weight is 278 g/mol. The van der Waals surface area contributed by atoms with Crippen molar-refractivity contribution in [1.82, 2.24) is 15.5 Å². The highest BCUT2D eigenvalue weighted by Crippen LogP contribution is 2.22. The highest BCUT2D eigenvalue weighted by Gasteiger charge is 2.31. The van der Waals surface area contributed by atoms with Gasteiger partial charge in [-0.1, -0.05) is 20.8 Å². The Hall–Kier alpha value is -0.320. The van der Waals surface area contributed by atoms with Gasteiger partial charge in [0.2, 0.25) is 5.91 Å². The maximum absolute atomic E-state index is 12.0. The maximum Gasteiger partial charge on any atom is 0.225 e. The normalized spacial score (nSPS) is 17.9. The van der Waals surface area contributed by atoms with Gasteiger partial charge in [0.05, 0.1) is 5.92 Å². The summed E-state index contributed by atoms with van der Waals surface area (Å²) >= 11 is 0. The van der Waals surface area contributed by atoms with Crippen molar-refractivity contribution in [2.75, 3.05) is 33.7 Å². The molecule has 0 spiro atoms. The summed E-state index contributed by atoms with van der Waals surface area (Å²) in [5.41, 5.74) is 0.114. The van der Waals surface area contributed by atoms with E-state index < -0.39 is 0 Å². The molecule has 18 heavy (non-hydrogen) atoms. The summed E-state index contributed by atoms with van der Waals surface area (Å²) in [5, 5.41) is 6.34. The highest BCUT2D eigenvalue weighted by atomic mass is 35.5. The number of amides is 1. The Kier molecular flexibility index (Phi) is 7.18. The van der Waals surface area contributed by atoms with E-state index in [1.165, 1.54) is 0 Å². The van der Waals surface area contributed by atoms with Crippen molar-refractivity contribution in [2.24, 2.45) is 11.3 Å². The van der Waals surface area contributed by atoms with Gasteiger partial charge < -0.3 is 15.5 Å². The van der Waals surface area contributed by atoms with Crippen LogP contribution in [0, 0.1) is 11.3 Å². The Morgan fingerprint density at radius 2 is 1.94 bits per heavy atom. The lowest BCUT2D eigenvalue weighted by molar-refractivity contribution is -0.128. The molecule has 1 unspecified atom stereocenters. The van der Waals surface area contributed by atoms with E-state index >= 15 is 0 Å². The number of nitrogens with zero attached hydrogens (tertiary/aromatic N) is 1. The van der Waals surface area contributed by atoms with Gasteiger partial charge >= 0.3 is 0 Å². The first kappa shape index (κ1) is 17.7. The minimum atomic E-state index is 0. The lowest BCUT2D eigenvalue weighted by Crippen LogP contribution is -2.55. The number of nitrogens with one attached hydrogen (secondary N) is 2. The molecule has 1 atom stereocenters. The van der Waals surface area contributed by atoms with Crippen LogP contribution in [0.2, 0.25) is 0 Å². The molecule has 0 aromatic heterocycles. The molecule has 0 bridgehead atoms. The van der Waals surface area contributed by atoms with E-state index in [-0.39, 0.29) is 35.7 Å². The summed E-state index contributed by atoms with van der Waals surface area (Å²) < 4.78 is 0. The lowest BCUT2D eigenvalue weighted by Gasteiger charge is -2.35. The first-order valence-corrected chi connectivity index (χ1v) is 6.46. The Balaban J connectivity index is 0.00000289. The predicted octanol–water partition coefficient (Wildman–Crippen LogP) is 1.11. The van der Waals surface area contributed by atoms with Crippen molar-refractivity contribution >= 4 is 18.3 Å². The Labute approximate surface area is 117 Å². The van der Waals surface area contributed by atoms with Crippen LogP contribution in [0.15, 0.2) is 0 Å². The first-order chi connectivity index (χ1) is 7.80. The molecular formula is C13H28ClN3O. The lowest BCUT2D eigenvalue weighted by atomic mass is 9.84. The summed E-state index contributed by atoms with van der Waals surface area (Å²) in [7, 11) is 4.13. The van der Waals surface area contributed by atoms with E-state index in [9.17, 15) is 4.79 Å². The van der Waals surface area contributed by atoms with Crippen LogP contribution >= 0.6 is 12.4 Å². The SMILES string of the molecule is CN(C)CCC(NC(=O)C1CNC1)C(C)(C)C.Cl. The second-order valence-electron chi connectivity index (χ2n) is 6.37. The van der Waals surface area contributed by atoms with Crippen molar-refractivity contribution < 1.29 is 4.79 Å². The smallest absolute Gasteiger partial charge is 0.225 e. The Morgan fingerprint density at radius 1 is 1.39 bits per heavy atom. The van der Waals surface area contributed by atoms with Crippen molar-refractivity contribution in [3.63, 3.8) is 0 Å². The zero-order chi connectivity index (χ0) is 13.1. The number of rotatable bonds is 5. The molecule has 1 aliphatic heterocycles. The molecule has 1 amide bonds. The molecule has 1 heterocycles. The van der Waals surface area contributed by atoms with E-state index in [1.807, 2.05) is 0 Å². The third kappa shape index (κ3) is 5.55. The van der Waals surface area contributed by atoms with E-state index in [0.29, 0.717) is 0 Å². The third-order valence-corrected chi connectivity index (χ3v) is 3.38. The van der Waals surface area contributed by atoms with E-state index in [1.54, 1.807) is 0 Å². The molecule has 108 valence electrons. The fraction of sp³-hybridized carbons (Fsp3) is 0.923. The molecular weight excluding hydrogens is 250 g/mol. The van der Waals surface area contributed by atoms with Gasteiger partial charge in [0, 0.05) is 19.1 Å². The predicted molar refractivity (Wildman–Crippen MR) is 78.2 cm³/mol. The Bertz CT molecular complexity index is 259. The molecule has 0 aromatic carbocycles. The third-order valence-electron chi connectivity index (χ3n) is 3.38. The van der Waals surface area contributed by atoms with Crippen molar-refractivity contribution in [1.29, 1.82) is 0 Å². The number of hydrogen-bond donors (Lipinski definition) is 2. The standard InChI is InChI=1S/C13H27N3O.ClH/c1-13(2,3)11(6-7-16(4)5)15-12(17)10-8-14-9-10;/h10-11,14H,6-9H2,1-5H3,(H,15,17);1H. The second-order valence-corrected chi connectivity index (χ2v) is 6.37. The molecule has 0 aromatic rings. The zero-order valence-electron chi connectivity index (χ0n) is 12.2. The molecule has 2 N–H and O–H groups in total. The average Bonchev–Trinajstić information content (AvgIpc) is 2.06. The monoisotopic (exact) mass is 277 g/mol. The number of carbonyl (C=O) groups is 1. The first-order valence-electron chi connectivity index (χ1n) is 6.46. The van der Waals surface area contributed by atoms with Gasteiger partial charge in [-0.15, -0.1) is 12.4 Å². The van der Waals surface area contributed by atoms with Crippen molar-refractivity contribution in [2.45, 2.75) is 33.2 Å². The van der Waals surface area contributed by atoms with Gasteiger partial charge in [0.15, 0.2) is 0 Å². The van der Waals surface area contributed by atoms with Crippen LogP contribution in [0.5, 0.6) is 0 Å². The molecule has 1 saturated heterocycles. The van der Waals surface area contributed by atoms with Crippen LogP contribution in [0.25, 0.3) is 0 Å². The quantitative estimate of drug-likeness (QED) is 0.791. The van der Waals surface area contributed by atoms with Crippen molar-refractivity contribution in [3.05, 3.63) is 0 Å². The fourth-order valence-corrected chi connectivity index (χ4v) is 1.87. The summed E-state index contributed by atoms with van der Waals surface area (Å²) in [5.74, 6) is 0.390. The molecule has 5 heteroatoms. The molecule has 1 rings (SSSR count). The van der Waals surface area contributed by atoms with Crippen LogP contribution in [0.3, 0.4) is 0 Å². The summed E-state index contributed by atoms with van der Waals surface area (Å²) in [6.07, 6.45) is 1.00. The van der Waals surface area contributed by atoms with E-state index in [2.05, 4.69) is 50.4 Å². The van der Waals surface area contributed by atoms with E-state index in [4.69, 9.17) is 0 Å². The van der Waals surface area contributed by atoms with Crippen LogP contribution in [-0.4, -0.2) is 50.6 Å². The topological polar surface area (TPSA) is 44.4 Å². The van der Waals surface area contributed by atoms with Crippen LogP contribution in [0.4, 0.5) is 0 Å². The van der Waals surface area contributed by atoms with Crippen LogP contribution < -0.4 is 10.6 Å². The number of halogens is 1. The van der Waals surface area contributed by atoms with Gasteiger partial charge in [-0.25, -0.2) is 0 Å². The number of carbonyl (C=O) groups excluding carboxylic acids is 1. The van der Waals surface area contributed by atoms with Gasteiger partial charge in [0.1, 0.15) is 0 Å². The van der Waals surface area contributed by atoms with Crippen LogP contribution in [0.1, 0.15) is 27.2 Å². The zero-order valence-corrected chi connectivity index (χ0v) is 13.1. The van der Waals surface area contributed by atoms with Crippen LogP contribution in [-0.2, 0) is 4.79 Å². The van der Waals surface area contributed by atoms with E-state index in [0.717, 1.165) is 26.1 Å². The minimum absolute atomic E-state index is 0. The van der Waals surface area contributed by atoms with Gasteiger partial charge in [-0.05, 0) is 32.5 Å². The maximum atomic E-state index is 12.0. The minimum Gasteiger partial charge on any atom is -0.352 e. The number of hydrogen-bond acceptors (Lipinski definition) is 3. The van der Waals surface area contributed by atoms with Crippen molar-refractivity contribution in [3.8, 4) is 0 Å². The molecule has 4 nitrogen and oxygen atoms in total. The van der Waals surface area contributed by atoms with Gasteiger partial charge in [-0.3, -0.25) is 4.79 Å². The Morgan fingerprint density at radius 3 is 2.28 bits per heavy atom. The molecule has 0 radical (unpaired) electrons. The molecule has 0 aliphatic carbocycles. The fourth-order valence-electron chi connectivity index (χ4n) is 1.87. The highest BCUT2D eigenvalue weighted by molar-refractivity contribution is 5.85. The summed E-state index contributed by atoms with van der Waals surface area (Å²) in [4.78, 5) is 14.1. The second kappa shape index (κ2) is 7.31. The molecule has 0 saturated carbocycles. The largest absolute Gasteiger partial charge is 0.352 e. The molecule has 1 fully saturated rings. The summed E-state index contributed by atoms with van der Waals surface area (Å²) in [6, 6.07) is 0.248. The molecule has 1 aliphatic rings. The van der Waals surface area contributed by atoms with Gasteiger partial charge in [-0.2, -0.15) is 0 Å².